The van der Waals surface area contributed by atoms with E-state index >= 15 is 0 Å². The summed E-state index contributed by atoms with van der Waals surface area (Å²) in [5.74, 6) is 0.380. The molecule has 0 radical (unpaired) electrons. The van der Waals surface area contributed by atoms with Crippen LogP contribution in [-0.4, -0.2) is 27.6 Å². The Balaban J connectivity index is 2.32. The largest absolute Gasteiger partial charge is 0.405 e. The zero-order valence-electron chi connectivity index (χ0n) is 10.6. The van der Waals surface area contributed by atoms with Crippen LogP contribution < -0.4 is 10.6 Å². The predicted molar refractivity (Wildman–Crippen MR) is 72.0 cm³/mol. The van der Waals surface area contributed by atoms with Crippen LogP contribution in [0, 0.1) is 11.3 Å². The molecular weight excluding hydrogens is 291 g/mol. The Bertz CT molecular complexity index is 477. The summed E-state index contributed by atoms with van der Waals surface area (Å²) in [6, 6.07) is 3.67. The van der Waals surface area contributed by atoms with Gasteiger partial charge in [-0.3, -0.25) is 4.68 Å². The molecule has 1 aromatic heterocycles. The number of nitriles is 1. The summed E-state index contributed by atoms with van der Waals surface area (Å²) in [7, 11) is 0. The van der Waals surface area contributed by atoms with E-state index in [9.17, 15) is 13.2 Å². The van der Waals surface area contributed by atoms with Crippen LogP contribution in [0.15, 0.2) is 12.3 Å². The van der Waals surface area contributed by atoms with Gasteiger partial charge in [0.05, 0.1) is 6.07 Å². The quantitative estimate of drug-likeness (QED) is 0.624. The normalized spacial score (nSPS) is 10.9. The Hall–Kier alpha value is -1.82. The van der Waals surface area contributed by atoms with E-state index in [0.29, 0.717) is 18.8 Å². The number of anilines is 1. The first-order valence-corrected chi connectivity index (χ1v) is 6.33. The molecule has 0 unspecified atom stereocenters. The van der Waals surface area contributed by atoms with Gasteiger partial charge in [-0.25, -0.2) is 0 Å². The monoisotopic (exact) mass is 305 g/mol. The molecule has 0 spiro atoms. The van der Waals surface area contributed by atoms with E-state index in [1.807, 2.05) is 0 Å². The number of alkyl halides is 3. The Morgan fingerprint density at radius 2 is 2.20 bits per heavy atom. The van der Waals surface area contributed by atoms with E-state index in [0.717, 1.165) is 12.8 Å². The van der Waals surface area contributed by atoms with E-state index in [1.54, 1.807) is 16.9 Å². The van der Waals surface area contributed by atoms with Crippen LogP contribution in [-0.2, 0) is 6.54 Å². The van der Waals surface area contributed by atoms with Gasteiger partial charge in [-0.05, 0) is 25.1 Å². The van der Waals surface area contributed by atoms with Gasteiger partial charge in [0.1, 0.15) is 6.54 Å². The fourth-order valence-electron chi connectivity index (χ4n) is 1.37. The lowest BCUT2D eigenvalue weighted by molar-refractivity contribution is -0.121. The summed E-state index contributed by atoms with van der Waals surface area (Å²) in [6.45, 7) is -0.542. The molecule has 0 atom stereocenters. The van der Waals surface area contributed by atoms with Gasteiger partial charge < -0.3 is 10.6 Å². The maximum Gasteiger partial charge on any atom is 0.405 e. The Kier molecular flexibility index (Phi) is 6.24. The molecule has 0 aromatic carbocycles. The molecule has 1 aromatic rings. The minimum Gasteiger partial charge on any atom is -0.353 e. The summed E-state index contributed by atoms with van der Waals surface area (Å²) >= 11 is 4.73. The molecule has 9 heteroatoms. The number of aromatic nitrogens is 2. The molecule has 0 fully saturated rings. The standard InChI is InChI=1S/C11H14F3N5S/c12-11(13,14)8-16-10(20)17-9-4-7-19(18-9)6-3-1-2-5-15/h4,7H,1-3,6,8H2,(H2,16,17,18,20). The van der Waals surface area contributed by atoms with Crippen LogP contribution >= 0.6 is 12.2 Å². The number of rotatable bonds is 6. The molecule has 110 valence electrons. The summed E-state index contributed by atoms with van der Waals surface area (Å²) < 4.78 is 37.6. The Labute approximate surface area is 119 Å². The molecular formula is C11H14F3N5S. The maximum atomic E-state index is 12.0. The van der Waals surface area contributed by atoms with Gasteiger partial charge in [0.15, 0.2) is 10.9 Å². The van der Waals surface area contributed by atoms with Crippen LogP contribution in [0.25, 0.3) is 0 Å². The highest BCUT2D eigenvalue weighted by molar-refractivity contribution is 7.80. The first-order valence-electron chi connectivity index (χ1n) is 5.93. The number of nitrogens with zero attached hydrogens (tertiary/aromatic N) is 3. The van der Waals surface area contributed by atoms with Crippen molar-refractivity contribution in [3.63, 3.8) is 0 Å². The van der Waals surface area contributed by atoms with Gasteiger partial charge in [-0.1, -0.05) is 0 Å². The smallest absolute Gasteiger partial charge is 0.353 e. The van der Waals surface area contributed by atoms with Gasteiger partial charge in [0, 0.05) is 25.2 Å². The molecule has 5 nitrogen and oxygen atoms in total. The van der Waals surface area contributed by atoms with Crippen LogP contribution in [0.2, 0.25) is 0 Å². The number of halogens is 3. The molecule has 0 bridgehead atoms. The first-order chi connectivity index (χ1) is 9.40. The second-order valence-corrected chi connectivity index (χ2v) is 4.41. The van der Waals surface area contributed by atoms with Crippen LogP contribution in [0.3, 0.4) is 0 Å². The van der Waals surface area contributed by atoms with Crippen molar-refractivity contribution in [1.82, 2.24) is 15.1 Å². The fraction of sp³-hybridized carbons (Fsp3) is 0.545. The Morgan fingerprint density at radius 1 is 1.45 bits per heavy atom. The summed E-state index contributed by atoms with van der Waals surface area (Å²) in [6.07, 6.45) is -0.527. The van der Waals surface area contributed by atoms with Gasteiger partial charge >= 0.3 is 6.18 Å². The second-order valence-electron chi connectivity index (χ2n) is 4.00. The lowest BCUT2D eigenvalue weighted by Gasteiger charge is -2.10. The topological polar surface area (TPSA) is 65.7 Å². The van der Waals surface area contributed by atoms with Crippen molar-refractivity contribution >= 4 is 23.1 Å². The minimum absolute atomic E-state index is 0.128. The third kappa shape index (κ3) is 6.94. The molecule has 1 rings (SSSR count). The third-order valence-corrected chi connectivity index (χ3v) is 2.50. The number of nitrogens with one attached hydrogen (secondary N) is 2. The van der Waals surface area contributed by atoms with Crippen molar-refractivity contribution in [1.29, 1.82) is 5.26 Å². The highest BCUT2D eigenvalue weighted by Gasteiger charge is 2.27. The zero-order valence-corrected chi connectivity index (χ0v) is 11.4. The third-order valence-electron chi connectivity index (χ3n) is 2.26. The van der Waals surface area contributed by atoms with Crippen LogP contribution in [0.5, 0.6) is 0 Å². The van der Waals surface area contributed by atoms with E-state index in [-0.39, 0.29) is 5.11 Å². The van der Waals surface area contributed by atoms with Crippen molar-refractivity contribution in [3.8, 4) is 6.07 Å². The summed E-state index contributed by atoms with van der Waals surface area (Å²) in [5.41, 5.74) is 0. The zero-order chi connectivity index (χ0) is 15.0. The number of aryl methyl sites for hydroxylation is 1. The SMILES string of the molecule is N#CCCCCn1ccc(NC(=S)NCC(F)(F)F)n1. The second kappa shape index (κ2) is 7.69. The fourth-order valence-corrected chi connectivity index (χ4v) is 1.55. The van der Waals surface area contributed by atoms with Crippen molar-refractivity contribution in [2.24, 2.45) is 0 Å². The molecule has 0 amide bonds. The van der Waals surface area contributed by atoms with Gasteiger partial charge in [-0.2, -0.15) is 23.5 Å². The maximum absolute atomic E-state index is 12.0. The van der Waals surface area contributed by atoms with E-state index < -0.39 is 12.7 Å². The molecule has 2 N–H and O–H groups in total. The minimum atomic E-state index is -4.31. The van der Waals surface area contributed by atoms with Gasteiger partial charge in [-0.15, -0.1) is 0 Å². The van der Waals surface area contributed by atoms with Gasteiger partial charge in [0.25, 0.3) is 0 Å². The molecule has 0 aliphatic carbocycles. The number of thiocarbonyl (C=S) groups is 1. The first kappa shape index (κ1) is 16.2. The van der Waals surface area contributed by atoms with Gasteiger partial charge in [0.2, 0.25) is 0 Å². The molecule has 0 saturated heterocycles. The summed E-state index contributed by atoms with van der Waals surface area (Å²) in [5, 5.41) is 17.0. The lowest BCUT2D eigenvalue weighted by atomic mass is 10.2. The van der Waals surface area contributed by atoms with Crippen molar-refractivity contribution in [3.05, 3.63) is 12.3 Å². The van der Waals surface area contributed by atoms with Crippen molar-refractivity contribution in [2.45, 2.75) is 32.0 Å². The highest BCUT2D eigenvalue weighted by Crippen LogP contribution is 2.12. The number of hydrogen-bond acceptors (Lipinski definition) is 3. The van der Waals surface area contributed by atoms with Crippen LogP contribution in [0.1, 0.15) is 19.3 Å². The Morgan fingerprint density at radius 3 is 2.85 bits per heavy atom. The molecule has 0 aliphatic heterocycles. The lowest BCUT2D eigenvalue weighted by Crippen LogP contribution is -2.36. The average Bonchev–Trinajstić information content (AvgIpc) is 2.79. The van der Waals surface area contributed by atoms with E-state index in [1.165, 1.54) is 0 Å². The van der Waals surface area contributed by atoms with E-state index in [2.05, 4.69) is 21.8 Å². The molecule has 0 aliphatic rings. The van der Waals surface area contributed by atoms with Crippen molar-refractivity contribution in [2.75, 3.05) is 11.9 Å². The van der Waals surface area contributed by atoms with E-state index in [4.69, 9.17) is 17.5 Å². The number of hydrogen-bond donors (Lipinski definition) is 2. The number of unbranched alkanes of at least 4 members (excludes halogenated alkanes) is 2. The van der Waals surface area contributed by atoms with Crippen molar-refractivity contribution < 1.29 is 13.2 Å². The van der Waals surface area contributed by atoms with Crippen LogP contribution in [0.4, 0.5) is 19.0 Å². The highest BCUT2D eigenvalue weighted by atomic mass is 32.1. The molecule has 1 heterocycles. The predicted octanol–water partition coefficient (Wildman–Crippen LogP) is 2.43. The molecule has 20 heavy (non-hydrogen) atoms. The summed E-state index contributed by atoms with van der Waals surface area (Å²) in [4.78, 5) is 0. The average molecular weight is 305 g/mol. The molecule has 0 saturated carbocycles.